The van der Waals surface area contributed by atoms with Crippen LogP contribution in [0, 0.1) is 17.8 Å². The van der Waals surface area contributed by atoms with Gasteiger partial charge >= 0.3 is 11.9 Å². The van der Waals surface area contributed by atoms with E-state index in [2.05, 4.69) is 16.2 Å². The number of carbonyl (C=O) groups is 2. The molecule has 1 heterocycles. The Morgan fingerprint density at radius 3 is 2.29 bits per heavy atom. The van der Waals surface area contributed by atoms with Gasteiger partial charge < -0.3 is 24.4 Å². The molecule has 0 fully saturated rings. The number of rotatable bonds is 11. The molecule has 0 aliphatic rings. The zero-order valence-electron chi connectivity index (χ0n) is 20.8. The van der Waals surface area contributed by atoms with Gasteiger partial charge in [0, 0.05) is 0 Å². The van der Waals surface area contributed by atoms with Crippen molar-refractivity contribution in [1.29, 1.82) is 0 Å². The average Bonchev–Trinajstić information content (AvgIpc) is 3.26. The summed E-state index contributed by atoms with van der Waals surface area (Å²) in [6.45, 7) is 8.00. The Labute approximate surface area is 205 Å². The monoisotopic (exact) mass is 487 g/mol. The third-order valence-electron chi connectivity index (χ3n) is 4.88. The summed E-state index contributed by atoms with van der Waals surface area (Å²) in [5, 5.41) is 26.9. The van der Waals surface area contributed by atoms with E-state index < -0.39 is 29.0 Å². The van der Waals surface area contributed by atoms with Crippen LogP contribution in [0.2, 0.25) is 0 Å². The van der Waals surface area contributed by atoms with Crippen molar-refractivity contribution in [3.05, 3.63) is 41.2 Å². The van der Waals surface area contributed by atoms with Crippen LogP contribution in [0.1, 0.15) is 63.9 Å². The number of nitrogens with zero attached hydrogens (tertiary/aromatic N) is 3. The van der Waals surface area contributed by atoms with Crippen molar-refractivity contribution < 1.29 is 34.0 Å². The van der Waals surface area contributed by atoms with Gasteiger partial charge in [0.05, 0.1) is 24.8 Å². The summed E-state index contributed by atoms with van der Waals surface area (Å²) in [6, 6.07) is 4.02. The van der Waals surface area contributed by atoms with Crippen LogP contribution in [0.25, 0.3) is 0 Å². The Bertz CT molecular complexity index is 1040. The number of esters is 2. The maximum absolute atomic E-state index is 13.0. The summed E-state index contributed by atoms with van der Waals surface area (Å²) >= 11 is 0. The van der Waals surface area contributed by atoms with Crippen molar-refractivity contribution in [3.8, 4) is 18.1 Å². The minimum Gasteiger partial charge on any atom is -0.487 e. The number of aromatic nitrogens is 3. The lowest BCUT2D eigenvalue weighted by Crippen LogP contribution is -2.36. The first-order chi connectivity index (χ1) is 16.4. The highest BCUT2D eigenvalue weighted by molar-refractivity contribution is 5.79. The Morgan fingerprint density at radius 2 is 1.74 bits per heavy atom. The van der Waals surface area contributed by atoms with Crippen molar-refractivity contribution in [2.45, 2.75) is 72.5 Å². The van der Waals surface area contributed by atoms with Crippen molar-refractivity contribution in [2.75, 3.05) is 6.61 Å². The van der Waals surface area contributed by atoms with Crippen molar-refractivity contribution in [2.24, 2.45) is 5.41 Å². The van der Waals surface area contributed by atoms with E-state index in [-0.39, 0.29) is 32.8 Å². The molecule has 0 bridgehead atoms. The summed E-state index contributed by atoms with van der Waals surface area (Å²) in [6.07, 6.45) is 6.75. The molecule has 190 valence electrons. The second kappa shape index (κ2) is 11.8. The van der Waals surface area contributed by atoms with Crippen molar-refractivity contribution >= 4 is 11.9 Å². The van der Waals surface area contributed by atoms with Gasteiger partial charge in [-0.1, -0.05) is 17.2 Å². The molecule has 0 saturated heterocycles. The highest BCUT2D eigenvalue weighted by Gasteiger charge is 2.38. The predicted octanol–water partition coefficient (Wildman–Crippen LogP) is 2.32. The van der Waals surface area contributed by atoms with Crippen molar-refractivity contribution in [3.63, 3.8) is 0 Å². The molecule has 0 aliphatic carbocycles. The molecular weight excluding hydrogens is 454 g/mol. The number of terminal acetylenes is 1. The maximum atomic E-state index is 13.0. The second-order valence-electron chi connectivity index (χ2n) is 9.70. The zero-order valence-corrected chi connectivity index (χ0v) is 20.8. The molecule has 2 N–H and O–H groups in total. The number of aliphatic hydroxyl groups excluding tert-OH is 2. The van der Waals surface area contributed by atoms with Gasteiger partial charge in [-0.15, -0.1) is 11.5 Å². The molecule has 0 amide bonds. The van der Waals surface area contributed by atoms with Gasteiger partial charge in [0.25, 0.3) is 0 Å². The number of carbonyl (C=O) groups excluding carboxylic acids is 2. The maximum Gasteiger partial charge on any atom is 0.331 e. The van der Waals surface area contributed by atoms with Gasteiger partial charge in [-0.2, -0.15) is 0 Å². The quantitative estimate of drug-likeness (QED) is 0.362. The molecule has 0 aliphatic heterocycles. The molecule has 10 nitrogen and oxygen atoms in total. The Hall–Kier alpha value is -3.42. The molecule has 1 atom stereocenters. The van der Waals surface area contributed by atoms with Crippen molar-refractivity contribution in [1.82, 2.24) is 15.0 Å². The number of benzene rings is 1. The molecule has 0 spiro atoms. The molecule has 1 aromatic carbocycles. The van der Waals surface area contributed by atoms with E-state index in [1.165, 1.54) is 4.68 Å². The highest BCUT2D eigenvalue weighted by atomic mass is 16.6. The first kappa shape index (κ1) is 27.8. The summed E-state index contributed by atoms with van der Waals surface area (Å²) in [5.74, 6) is 1.57. The second-order valence-corrected chi connectivity index (χ2v) is 9.70. The molecular formula is C25H33N3O7. The van der Waals surface area contributed by atoms with Crippen LogP contribution < -0.4 is 4.74 Å². The van der Waals surface area contributed by atoms with Crippen LogP contribution >= 0.6 is 0 Å². The van der Waals surface area contributed by atoms with Crippen LogP contribution in [-0.4, -0.2) is 49.4 Å². The normalized spacial score (nSPS) is 12.5. The fourth-order valence-electron chi connectivity index (χ4n) is 3.21. The summed E-state index contributed by atoms with van der Waals surface area (Å²) in [7, 11) is 0. The lowest BCUT2D eigenvalue weighted by atomic mass is 9.85. The van der Waals surface area contributed by atoms with Gasteiger partial charge in [-0.05, 0) is 64.3 Å². The van der Waals surface area contributed by atoms with Crippen LogP contribution in [0.3, 0.4) is 0 Å². The Balaban J connectivity index is 2.24. The van der Waals surface area contributed by atoms with Gasteiger partial charge in [0.2, 0.25) is 0 Å². The van der Waals surface area contributed by atoms with Gasteiger partial charge in [0.1, 0.15) is 23.7 Å². The largest absolute Gasteiger partial charge is 0.487 e. The predicted molar refractivity (Wildman–Crippen MR) is 126 cm³/mol. The molecule has 0 saturated carbocycles. The lowest BCUT2D eigenvalue weighted by molar-refractivity contribution is -0.162. The van der Waals surface area contributed by atoms with Crippen LogP contribution in [0.15, 0.2) is 24.4 Å². The minimum atomic E-state index is -1.06. The third kappa shape index (κ3) is 8.38. The number of ether oxygens (including phenoxy) is 3. The molecule has 1 aromatic heterocycles. The fourth-order valence-corrected chi connectivity index (χ4v) is 3.21. The van der Waals surface area contributed by atoms with Gasteiger partial charge in [0.15, 0.2) is 12.6 Å². The fraction of sp³-hybridized carbons (Fsp3) is 0.520. The number of hydrogen-bond donors (Lipinski definition) is 2. The van der Waals surface area contributed by atoms with E-state index in [1.54, 1.807) is 59.0 Å². The van der Waals surface area contributed by atoms with Gasteiger partial charge in [-0.3, -0.25) is 4.79 Å². The zero-order chi connectivity index (χ0) is 26.2. The molecule has 2 aromatic rings. The van der Waals surface area contributed by atoms with E-state index in [4.69, 9.17) is 20.6 Å². The third-order valence-corrected chi connectivity index (χ3v) is 4.88. The van der Waals surface area contributed by atoms with Crippen LogP contribution in [0.4, 0.5) is 0 Å². The highest BCUT2D eigenvalue weighted by Crippen LogP contribution is 2.31. The summed E-state index contributed by atoms with van der Waals surface area (Å²) in [4.78, 5) is 25.5. The van der Waals surface area contributed by atoms with E-state index >= 15 is 0 Å². The van der Waals surface area contributed by atoms with E-state index in [1.807, 2.05) is 0 Å². The van der Waals surface area contributed by atoms with Crippen LogP contribution in [-0.2, 0) is 38.9 Å². The first-order valence-electron chi connectivity index (χ1n) is 11.1. The number of aliphatic hydroxyl groups is 2. The Morgan fingerprint density at radius 1 is 1.11 bits per heavy atom. The molecule has 1 unspecified atom stereocenters. The lowest BCUT2D eigenvalue weighted by Gasteiger charge is -2.29. The minimum absolute atomic E-state index is 0.0222. The molecule has 0 radical (unpaired) electrons. The Kier molecular flexibility index (Phi) is 9.40. The molecule has 35 heavy (non-hydrogen) atoms. The number of hydrogen-bond acceptors (Lipinski definition) is 9. The van der Waals surface area contributed by atoms with E-state index in [0.29, 0.717) is 22.6 Å². The molecule has 10 heteroatoms. The topological polar surface area (TPSA) is 133 Å². The van der Waals surface area contributed by atoms with Gasteiger partial charge in [-0.25, -0.2) is 9.48 Å². The first-order valence-corrected chi connectivity index (χ1v) is 11.1. The van der Waals surface area contributed by atoms with E-state index in [9.17, 15) is 19.8 Å². The SMILES string of the molecule is C#CCOC(=O)C(C)(C)CC(C(=O)OC(C)(C)C)n1cc(COc2cc(CO)cc(CO)c2)nn1. The van der Waals surface area contributed by atoms with Crippen LogP contribution in [0.5, 0.6) is 5.75 Å². The molecule has 2 rings (SSSR count). The summed E-state index contributed by atoms with van der Waals surface area (Å²) < 4.78 is 17.7. The van der Waals surface area contributed by atoms with E-state index in [0.717, 1.165) is 0 Å². The standard InChI is InChI=1S/C25H33N3O7/c1-7-8-33-23(32)25(5,6)12-21(22(31)35-24(2,3)4)28-13-19(26-27-28)16-34-20-10-17(14-29)9-18(11-20)15-30/h1,9-11,13,21,29-30H,8,12,14-16H2,2-6H3. The smallest absolute Gasteiger partial charge is 0.331 e. The average molecular weight is 488 g/mol. The summed E-state index contributed by atoms with van der Waals surface area (Å²) in [5.41, 5.74) is -0.200.